The van der Waals surface area contributed by atoms with Crippen LogP contribution in [0.3, 0.4) is 0 Å². The molecule has 65 heavy (non-hydrogen) atoms. The predicted molar refractivity (Wildman–Crippen MR) is 298 cm³/mol. The van der Waals surface area contributed by atoms with Crippen LogP contribution in [0.25, 0.3) is 0 Å². The fourth-order valence-corrected chi connectivity index (χ4v) is 6.44. The molecule has 0 saturated carbocycles. The SMILES string of the molecule is CC.CC.CC.CC1=CC=C(C)C1.CC1=CCC(C)=C1.CC1=CCC(C)=N1.CC1=CN=C(C)C1.CC1=CN=C(C)C1.Cc1cccc(C)c1.Cc1cccc(C)c1.[CH-]=CC(C)=C[C](C)=[W]. The van der Waals surface area contributed by atoms with Crippen LogP contribution in [0.5, 0.6) is 0 Å². The van der Waals surface area contributed by atoms with Gasteiger partial charge in [-0.1, -0.05) is 165 Å². The zero-order chi connectivity index (χ0) is 50.9. The molecule has 0 saturated heterocycles. The molecule has 7 rings (SSSR count). The van der Waals surface area contributed by atoms with Gasteiger partial charge in [0, 0.05) is 54.5 Å². The second-order valence-electron chi connectivity index (χ2n) is 16.3. The Balaban J connectivity index is -0.000000322. The van der Waals surface area contributed by atoms with Crippen molar-refractivity contribution in [2.75, 3.05) is 0 Å². The van der Waals surface area contributed by atoms with Gasteiger partial charge in [0.1, 0.15) is 0 Å². The normalized spacial score (nSPS) is 14.2. The van der Waals surface area contributed by atoms with Gasteiger partial charge in [-0.3, -0.25) is 15.0 Å². The van der Waals surface area contributed by atoms with E-state index in [1.165, 1.54) is 109 Å². The van der Waals surface area contributed by atoms with Crippen LogP contribution in [0.2, 0.25) is 0 Å². The molecule has 2 aliphatic carbocycles. The minimum atomic E-state index is 1.06. The number of hydrogen-bond donors (Lipinski definition) is 0. The van der Waals surface area contributed by atoms with Gasteiger partial charge in [0.2, 0.25) is 0 Å². The van der Waals surface area contributed by atoms with Crippen molar-refractivity contribution < 1.29 is 19.4 Å². The maximum absolute atomic E-state index is 5.22. The van der Waals surface area contributed by atoms with Crippen molar-refractivity contribution in [2.45, 2.75) is 184 Å². The fraction of sp³-hybridized carbons (Fsp3) is 0.443. The molecular weight excluding hydrogens is 959 g/mol. The molecule has 0 N–H and O–H groups in total. The van der Waals surface area contributed by atoms with E-state index in [-0.39, 0.29) is 0 Å². The number of rotatable bonds is 2. The summed E-state index contributed by atoms with van der Waals surface area (Å²) in [6, 6.07) is 16.9. The Labute approximate surface area is 414 Å². The Morgan fingerprint density at radius 1 is 0.523 bits per heavy atom. The zero-order valence-electron chi connectivity index (χ0n) is 45.7. The predicted octanol–water partition coefficient (Wildman–Crippen LogP) is 19.2. The van der Waals surface area contributed by atoms with Gasteiger partial charge in [-0.15, -0.1) is 0 Å². The number of aliphatic imine (C=N–C) groups is 3. The van der Waals surface area contributed by atoms with Gasteiger partial charge in [0.25, 0.3) is 0 Å². The molecule has 0 atom stereocenters. The van der Waals surface area contributed by atoms with E-state index in [1.807, 2.05) is 88.6 Å². The first kappa shape index (κ1) is 67.3. The summed E-state index contributed by atoms with van der Waals surface area (Å²) in [4.78, 5) is 12.3. The summed E-state index contributed by atoms with van der Waals surface area (Å²) in [5, 5.41) is 0. The molecule has 0 amide bonds. The molecule has 0 aromatic heterocycles. The van der Waals surface area contributed by atoms with Crippen LogP contribution in [-0.4, -0.2) is 21.0 Å². The molecule has 2 aromatic carbocycles. The third-order valence-electron chi connectivity index (χ3n) is 8.61. The first-order chi connectivity index (χ1) is 30.7. The Bertz CT molecular complexity index is 1770. The molecule has 3 aliphatic heterocycles. The Kier molecular flexibility index (Phi) is 45.1. The molecule has 3 nitrogen and oxygen atoms in total. The van der Waals surface area contributed by atoms with E-state index in [4.69, 9.17) is 6.58 Å². The molecule has 0 radical (unpaired) electrons. The van der Waals surface area contributed by atoms with Crippen LogP contribution in [0.1, 0.15) is 179 Å². The quantitative estimate of drug-likeness (QED) is 0.212. The van der Waals surface area contributed by atoms with E-state index < -0.39 is 0 Å². The number of hydrogen-bond acceptors (Lipinski definition) is 3. The monoisotopic (exact) mass is 1050 g/mol. The van der Waals surface area contributed by atoms with E-state index in [1.54, 1.807) is 6.08 Å². The summed E-state index contributed by atoms with van der Waals surface area (Å²) in [7, 11) is 0. The Morgan fingerprint density at radius 2 is 0.923 bits per heavy atom. The van der Waals surface area contributed by atoms with Gasteiger partial charge in [-0.25, -0.2) is 0 Å². The van der Waals surface area contributed by atoms with Crippen molar-refractivity contribution in [3.63, 3.8) is 0 Å². The molecule has 5 aliphatic rings. The number of allylic oxidation sites excluding steroid dienone is 15. The summed E-state index contributed by atoms with van der Waals surface area (Å²) in [6.45, 7) is 50.7. The minimum absolute atomic E-state index is 1.06. The van der Waals surface area contributed by atoms with Crippen molar-refractivity contribution >= 4 is 21.0 Å². The zero-order valence-corrected chi connectivity index (χ0v) is 48.6. The molecule has 0 bridgehead atoms. The molecule has 4 heteroatoms. The van der Waals surface area contributed by atoms with Crippen LogP contribution in [0.15, 0.2) is 163 Å². The summed E-state index contributed by atoms with van der Waals surface area (Å²) in [5.41, 5.74) is 20.0. The standard InChI is InChI=1S/2C8H10.2C7H10.C7H9.3C6H9N.3C2H6.W/c2*1-7-4-3-5-8(2)6-7;2*1-6-3-4-7(2)5-6;1-4-6-7(3)5-2;2*1-5-3-6(2)7-4-5;1-5-3-4-6(2)7-5;3*1-2;/h2*3-6H,1-2H3;3,5H,4H2,1-2H3;3-4H,5H2,1-2H3;2,5-6H,1,3H3;2*4H,3H2,1-2H3;3H,4H2,1-2H3;3*1-2H3;/q;;;;-1;;;;;;;. The van der Waals surface area contributed by atoms with Crippen LogP contribution in [-0.2, 0) is 19.4 Å². The van der Waals surface area contributed by atoms with Crippen molar-refractivity contribution in [1.82, 2.24) is 0 Å². The van der Waals surface area contributed by atoms with Gasteiger partial charge in [0.15, 0.2) is 0 Å². The van der Waals surface area contributed by atoms with Crippen LogP contribution >= 0.6 is 0 Å². The van der Waals surface area contributed by atoms with Crippen molar-refractivity contribution in [3.05, 3.63) is 177 Å². The molecular formula is C61H94N3W-. The molecule has 3 heterocycles. The summed E-state index contributed by atoms with van der Waals surface area (Å²) >= 11 is 1.50. The Hall–Kier alpha value is -4.33. The van der Waals surface area contributed by atoms with E-state index in [9.17, 15) is 0 Å². The third-order valence-corrected chi connectivity index (χ3v) is 9.03. The first-order valence-corrected chi connectivity index (χ1v) is 25.2. The molecule has 0 unspecified atom stereocenters. The van der Waals surface area contributed by atoms with E-state index >= 15 is 0 Å². The van der Waals surface area contributed by atoms with Gasteiger partial charge in [0.05, 0.1) is 0 Å². The van der Waals surface area contributed by atoms with E-state index in [0.29, 0.717) is 0 Å². The van der Waals surface area contributed by atoms with Gasteiger partial charge >= 0.3 is 61.4 Å². The van der Waals surface area contributed by atoms with Gasteiger partial charge in [-0.2, -0.15) is 0 Å². The molecule has 0 spiro atoms. The average Bonchev–Trinajstić information content (AvgIpc) is 4.11. The number of benzene rings is 2. The van der Waals surface area contributed by atoms with Crippen LogP contribution in [0.4, 0.5) is 0 Å². The van der Waals surface area contributed by atoms with E-state index in [2.05, 4.69) is 176 Å². The van der Waals surface area contributed by atoms with Crippen LogP contribution < -0.4 is 0 Å². The molecule has 360 valence electrons. The summed E-state index contributed by atoms with van der Waals surface area (Å²) < 4.78 is 1.37. The number of aryl methyl sites for hydroxylation is 4. The average molecular weight is 1050 g/mol. The maximum atomic E-state index is 5.22. The second-order valence-corrected chi connectivity index (χ2v) is 18.6. The topological polar surface area (TPSA) is 37.1 Å². The van der Waals surface area contributed by atoms with Gasteiger partial charge < -0.3 is 0 Å². The second kappa shape index (κ2) is 43.6. The van der Waals surface area contributed by atoms with Crippen molar-refractivity contribution in [1.29, 1.82) is 0 Å². The van der Waals surface area contributed by atoms with Crippen molar-refractivity contribution in [2.24, 2.45) is 15.0 Å². The van der Waals surface area contributed by atoms with Crippen LogP contribution in [0, 0.1) is 34.3 Å². The summed E-state index contributed by atoms with van der Waals surface area (Å²) in [5.74, 6) is 0. The number of nitrogens with zero attached hydrogens (tertiary/aromatic N) is 3. The van der Waals surface area contributed by atoms with Crippen molar-refractivity contribution in [3.8, 4) is 0 Å². The van der Waals surface area contributed by atoms with E-state index in [0.717, 1.165) is 30.5 Å². The first-order valence-electron chi connectivity index (χ1n) is 23.7. The fourth-order valence-electron chi connectivity index (χ4n) is 5.77. The third kappa shape index (κ3) is 44.6. The van der Waals surface area contributed by atoms with Gasteiger partial charge in [-0.05, 0) is 121 Å². The summed E-state index contributed by atoms with van der Waals surface area (Å²) in [6.07, 6.45) is 24.1. The molecule has 2 aromatic rings. The Morgan fingerprint density at radius 3 is 1.03 bits per heavy atom. The molecule has 0 fully saturated rings.